The molecule has 0 aromatic heterocycles. The van der Waals surface area contributed by atoms with Crippen molar-refractivity contribution in [3.63, 3.8) is 0 Å². The van der Waals surface area contributed by atoms with E-state index >= 15 is 0 Å². The van der Waals surface area contributed by atoms with Crippen LogP contribution in [0.15, 0.2) is 42.5 Å². The van der Waals surface area contributed by atoms with E-state index in [4.69, 9.17) is 5.73 Å². The summed E-state index contributed by atoms with van der Waals surface area (Å²) in [6.45, 7) is 4.38. The molecule has 18 heavy (non-hydrogen) atoms. The molecule has 0 amide bonds. The van der Waals surface area contributed by atoms with Crippen molar-refractivity contribution >= 4 is 5.69 Å². The minimum Gasteiger partial charge on any atom is -0.396 e. The summed E-state index contributed by atoms with van der Waals surface area (Å²) in [6.07, 6.45) is 1.03. The van der Waals surface area contributed by atoms with Gasteiger partial charge >= 0.3 is 0 Å². The Morgan fingerprint density at radius 1 is 1.06 bits per heavy atom. The number of hydrogen-bond donors (Lipinski definition) is 1. The van der Waals surface area contributed by atoms with E-state index in [1.165, 1.54) is 11.6 Å². The van der Waals surface area contributed by atoms with Crippen molar-refractivity contribution in [1.29, 1.82) is 0 Å². The average Bonchev–Trinajstić information content (AvgIpc) is 2.32. The highest BCUT2D eigenvalue weighted by molar-refractivity contribution is 5.66. The molecule has 0 aliphatic carbocycles. The van der Waals surface area contributed by atoms with E-state index in [1.54, 1.807) is 6.07 Å². The fourth-order valence-corrected chi connectivity index (χ4v) is 2.06. The molecule has 0 spiro atoms. The van der Waals surface area contributed by atoms with Crippen molar-refractivity contribution in [2.45, 2.75) is 20.3 Å². The first-order chi connectivity index (χ1) is 8.56. The van der Waals surface area contributed by atoms with E-state index in [9.17, 15) is 4.39 Å². The molecule has 0 aliphatic heterocycles. The summed E-state index contributed by atoms with van der Waals surface area (Å²) in [7, 11) is 0. The van der Waals surface area contributed by atoms with Crippen LogP contribution in [0.5, 0.6) is 0 Å². The number of nitrogens with two attached hydrogens (primary N) is 1. The minimum absolute atomic E-state index is 0.192. The van der Waals surface area contributed by atoms with Gasteiger partial charge in [0.15, 0.2) is 0 Å². The lowest BCUT2D eigenvalue weighted by Gasteiger charge is -2.08. The Morgan fingerprint density at radius 2 is 1.78 bits per heavy atom. The number of halogens is 1. The normalized spacial score (nSPS) is 10.9. The standard InChI is InChI=1S/C16H18FN/c1-11(2)8-12-4-3-5-13(9-12)14-6-7-16(18)15(17)10-14/h3-7,9-11H,8,18H2,1-2H3. The van der Waals surface area contributed by atoms with Crippen LogP contribution in [0.1, 0.15) is 19.4 Å². The van der Waals surface area contributed by atoms with E-state index in [0.29, 0.717) is 5.92 Å². The summed E-state index contributed by atoms with van der Waals surface area (Å²) >= 11 is 0. The van der Waals surface area contributed by atoms with E-state index in [0.717, 1.165) is 17.5 Å². The molecule has 2 heteroatoms. The zero-order valence-electron chi connectivity index (χ0n) is 10.8. The molecule has 0 saturated heterocycles. The van der Waals surface area contributed by atoms with Crippen molar-refractivity contribution < 1.29 is 4.39 Å². The fourth-order valence-electron chi connectivity index (χ4n) is 2.06. The van der Waals surface area contributed by atoms with Gasteiger partial charge < -0.3 is 5.73 Å². The van der Waals surface area contributed by atoms with E-state index in [-0.39, 0.29) is 11.5 Å². The van der Waals surface area contributed by atoms with Gasteiger partial charge in [0.25, 0.3) is 0 Å². The van der Waals surface area contributed by atoms with Crippen molar-refractivity contribution in [2.24, 2.45) is 5.92 Å². The number of rotatable bonds is 3. The van der Waals surface area contributed by atoms with Gasteiger partial charge in [0, 0.05) is 0 Å². The molecule has 94 valence electrons. The monoisotopic (exact) mass is 243 g/mol. The van der Waals surface area contributed by atoms with Crippen molar-refractivity contribution in [2.75, 3.05) is 5.73 Å². The van der Waals surface area contributed by atoms with Gasteiger partial charge in [0.05, 0.1) is 5.69 Å². The minimum atomic E-state index is -0.359. The molecule has 0 bridgehead atoms. The molecule has 0 fully saturated rings. The molecule has 2 aromatic carbocycles. The maximum atomic E-state index is 13.5. The molecule has 0 aliphatic rings. The quantitative estimate of drug-likeness (QED) is 0.800. The molecule has 1 nitrogen and oxygen atoms in total. The molecule has 2 N–H and O–H groups in total. The second-order valence-electron chi connectivity index (χ2n) is 5.03. The largest absolute Gasteiger partial charge is 0.396 e. The smallest absolute Gasteiger partial charge is 0.146 e. The SMILES string of the molecule is CC(C)Cc1cccc(-c2ccc(N)c(F)c2)c1. The van der Waals surface area contributed by atoms with Gasteiger partial charge in [0.2, 0.25) is 0 Å². The highest BCUT2D eigenvalue weighted by atomic mass is 19.1. The van der Waals surface area contributed by atoms with Gasteiger partial charge in [-0.15, -0.1) is 0 Å². The van der Waals surface area contributed by atoms with Crippen LogP contribution in [0, 0.1) is 11.7 Å². The van der Waals surface area contributed by atoms with Gasteiger partial charge in [0.1, 0.15) is 5.82 Å². The van der Waals surface area contributed by atoms with Gasteiger partial charge in [-0.25, -0.2) is 4.39 Å². The summed E-state index contributed by atoms with van der Waals surface area (Å²) in [6, 6.07) is 13.2. The van der Waals surface area contributed by atoms with Gasteiger partial charge in [-0.1, -0.05) is 44.2 Å². The lowest BCUT2D eigenvalue weighted by Crippen LogP contribution is -1.94. The first-order valence-corrected chi connectivity index (χ1v) is 6.20. The van der Waals surface area contributed by atoms with E-state index in [1.807, 2.05) is 18.2 Å². The maximum Gasteiger partial charge on any atom is 0.146 e. The van der Waals surface area contributed by atoms with E-state index in [2.05, 4.69) is 26.0 Å². The Labute approximate surface area is 107 Å². The highest BCUT2D eigenvalue weighted by Crippen LogP contribution is 2.24. The third-order valence-corrected chi connectivity index (χ3v) is 2.90. The van der Waals surface area contributed by atoms with Crippen LogP contribution in [0.3, 0.4) is 0 Å². The lowest BCUT2D eigenvalue weighted by molar-refractivity contribution is 0.633. The predicted octanol–water partition coefficient (Wildman–Crippen LogP) is 4.27. The highest BCUT2D eigenvalue weighted by Gasteiger charge is 2.04. The molecule has 0 radical (unpaired) electrons. The zero-order chi connectivity index (χ0) is 13.1. The summed E-state index contributed by atoms with van der Waals surface area (Å²) in [4.78, 5) is 0. The summed E-state index contributed by atoms with van der Waals surface area (Å²) in [5.41, 5.74) is 8.86. The average molecular weight is 243 g/mol. The number of hydrogen-bond acceptors (Lipinski definition) is 1. The molecule has 0 heterocycles. The summed E-state index contributed by atoms with van der Waals surface area (Å²) in [5, 5.41) is 0. The van der Waals surface area contributed by atoms with Crippen molar-refractivity contribution in [3.8, 4) is 11.1 Å². The van der Waals surface area contributed by atoms with Crippen LogP contribution in [-0.2, 0) is 6.42 Å². The number of nitrogen functional groups attached to an aromatic ring is 1. The zero-order valence-corrected chi connectivity index (χ0v) is 10.8. The summed E-state index contributed by atoms with van der Waals surface area (Å²) in [5.74, 6) is 0.255. The third kappa shape index (κ3) is 2.89. The van der Waals surface area contributed by atoms with Crippen molar-refractivity contribution in [3.05, 3.63) is 53.8 Å². The van der Waals surface area contributed by atoms with Crippen LogP contribution < -0.4 is 5.73 Å². The molecular formula is C16H18FN. The van der Waals surface area contributed by atoms with Gasteiger partial charge in [-0.3, -0.25) is 0 Å². The number of anilines is 1. The van der Waals surface area contributed by atoms with Crippen LogP contribution >= 0.6 is 0 Å². The van der Waals surface area contributed by atoms with Gasteiger partial charge in [-0.2, -0.15) is 0 Å². The summed E-state index contributed by atoms with van der Waals surface area (Å²) < 4.78 is 13.5. The van der Waals surface area contributed by atoms with Crippen molar-refractivity contribution in [1.82, 2.24) is 0 Å². The molecule has 0 atom stereocenters. The number of benzene rings is 2. The lowest BCUT2D eigenvalue weighted by atomic mass is 9.98. The first kappa shape index (κ1) is 12.6. The molecule has 0 saturated carbocycles. The second kappa shape index (κ2) is 5.21. The van der Waals surface area contributed by atoms with Gasteiger partial charge in [-0.05, 0) is 41.2 Å². The predicted molar refractivity (Wildman–Crippen MR) is 74.8 cm³/mol. The van der Waals surface area contributed by atoms with E-state index < -0.39 is 0 Å². The molecule has 2 rings (SSSR count). The maximum absolute atomic E-state index is 13.5. The van der Waals surface area contributed by atoms with Crippen LogP contribution in [0.25, 0.3) is 11.1 Å². The Morgan fingerprint density at radius 3 is 2.44 bits per heavy atom. The Hall–Kier alpha value is -1.83. The fraction of sp³-hybridized carbons (Fsp3) is 0.250. The molecule has 0 unspecified atom stereocenters. The Bertz CT molecular complexity index is 547. The molecule has 2 aromatic rings. The molecular weight excluding hydrogens is 225 g/mol. The Kier molecular flexibility index (Phi) is 3.66. The third-order valence-electron chi connectivity index (χ3n) is 2.90. The topological polar surface area (TPSA) is 26.0 Å². The van der Waals surface area contributed by atoms with Crippen LogP contribution in [0.2, 0.25) is 0 Å². The van der Waals surface area contributed by atoms with Crippen LogP contribution in [-0.4, -0.2) is 0 Å². The Balaban J connectivity index is 2.35. The van der Waals surface area contributed by atoms with Crippen LogP contribution in [0.4, 0.5) is 10.1 Å². The second-order valence-corrected chi connectivity index (χ2v) is 5.03. The first-order valence-electron chi connectivity index (χ1n) is 6.20.